The predicted molar refractivity (Wildman–Crippen MR) is 96.4 cm³/mol. The molecule has 4 heterocycles. The van der Waals surface area contributed by atoms with E-state index in [9.17, 15) is 4.79 Å². The van der Waals surface area contributed by atoms with Gasteiger partial charge in [-0.3, -0.25) is 14.7 Å². The third-order valence-electron chi connectivity index (χ3n) is 5.41. The Morgan fingerprint density at radius 1 is 1.19 bits per heavy atom. The highest BCUT2D eigenvalue weighted by Crippen LogP contribution is 2.31. The third kappa shape index (κ3) is 3.97. The molecule has 4 rings (SSSR count). The number of nitrogens with zero attached hydrogens (tertiary/aromatic N) is 3. The van der Waals surface area contributed by atoms with Crippen molar-refractivity contribution in [2.24, 2.45) is 0 Å². The summed E-state index contributed by atoms with van der Waals surface area (Å²) in [5, 5.41) is 0. The number of carbonyl (C=O) groups is 1. The van der Waals surface area contributed by atoms with Gasteiger partial charge in [-0.25, -0.2) is 0 Å². The lowest BCUT2D eigenvalue weighted by atomic mass is 9.89. The van der Waals surface area contributed by atoms with Crippen LogP contribution in [0.15, 0.2) is 47.3 Å². The Labute approximate surface area is 153 Å². The van der Waals surface area contributed by atoms with E-state index >= 15 is 0 Å². The second kappa shape index (κ2) is 7.60. The van der Waals surface area contributed by atoms with Crippen LogP contribution in [0.2, 0.25) is 0 Å². The summed E-state index contributed by atoms with van der Waals surface area (Å²) in [6, 6.07) is 7.77. The monoisotopic (exact) mass is 355 g/mol. The molecular formula is C20H25N3O3. The normalized spacial score (nSPS) is 20.4. The molecule has 0 atom stereocenters. The second-order valence-corrected chi connectivity index (χ2v) is 7.24. The van der Waals surface area contributed by atoms with E-state index < -0.39 is 0 Å². The van der Waals surface area contributed by atoms with E-state index in [4.69, 9.17) is 9.15 Å². The van der Waals surface area contributed by atoms with Gasteiger partial charge in [0.1, 0.15) is 5.76 Å². The molecule has 6 nitrogen and oxygen atoms in total. The van der Waals surface area contributed by atoms with Crippen molar-refractivity contribution in [1.82, 2.24) is 14.8 Å². The number of morpholine rings is 1. The number of carbonyl (C=O) groups excluding carboxylic acids is 1. The van der Waals surface area contributed by atoms with Crippen LogP contribution >= 0.6 is 0 Å². The van der Waals surface area contributed by atoms with Crippen molar-refractivity contribution in [2.45, 2.75) is 31.4 Å². The Bertz CT molecular complexity index is 709. The average molecular weight is 355 g/mol. The molecule has 2 aromatic heterocycles. The number of furan rings is 1. The number of likely N-dealkylation sites (tertiary alicyclic amines) is 1. The van der Waals surface area contributed by atoms with E-state index in [0.29, 0.717) is 26.1 Å². The largest absolute Gasteiger partial charge is 0.468 e. The molecule has 0 unspecified atom stereocenters. The lowest BCUT2D eigenvalue weighted by molar-refractivity contribution is -0.159. The highest BCUT2D eigenvalue weighted by atomic mass is 16.5. The first-order valence-electron chi connectivity index (χ1n) is 9.28. The topological polar surface area (TPSA) is 58.8 Å². The lowest BCUT2D eigenvalue weighted by Crippen LogP contribution is -2.58. The molecule has 0 aromatic carbocycles. The number of piperidine rings is 1. The molecule has 2 fully saturated rings. The van der Waals surface area contributed by atoms with Gasteiger partial charge in [-0.2, -0.15) is 0 Å². The van der Waals surface area contributed by atoms with Crippen molar-refractivity contribution in [1.29, 1.82) is 0 Å². The van der Waals surface area contributed by atoms with E-state index in [1.807, 2.05) is 29.2 Å². The van der Waals surface area contributed by atoms with Crippen LogP contribution in [0.3, 0.4) is 0 Å². The van der Waals surface area contributed by atoms with Crippen LogP contribution in [-0.4, -0.2) is 59.1 Å². The summed E-state index contributed by atoms with van der Waals surface area (Å²) in [6.07, 6.45) is 7.52. The van der Waals surface area contributed by atoms with Crippen molar-refractivity contribution < 1.29 is 13.9 Å². The van der Waals surface area contributed by atoms with Crippen LogP contribution in [0.5, 0.6) is 0 Å². The van der Waals surface area contributed by atoms with Gasteiger partial charge in [-0.05, 0) is 36.6 Å². The van der Waals surface area contributed by atoms with Gasteiger partial charge < -0.3 is 14.1 Å². The van der Waals surface area contributed by atoms with Gasteiger partial charge in [-0.1, -0.05) is 6.07 Å². The molecule has 0 aliphatic carbocycles. The molecule has 0 saturated carbocycles. The molecule has 6 heteroatoms. The molecule has 0 bridgehead atoms. The van der Waals surface area contributed by atoms with Crippen molar-refractivity contribution >= 4 is 5.91 Å². The fraction of sp³-hybridized carbons (Fsp3) is 0.500. The standard InChI is InChI=1S/C20H25N3O3/c24-19(13-17-3-1-7-21-14-17)23-10-12-26-20(16-23)5-8-22(9-6-20)15-18-4-2-11-25-18/h1-4,7,11,14H,5-6,8-10,12-13,15-16H2. The van der Waals surface area contributed by atoms with E-state index in [1.165, 1.54) is 0 Å². The summed E-state index contributed by atoms with van der Waals surface area (Å²) in [7, 11) is 0. The second-order valence-electron chi connectivity index (χ2n) is 7.24. The van der Waals surface area contributed by atoms with Gasteiger partial charge in [0.25, 0.3) is 0 Å². The van der Waals surface area contributed by atoms with Gasteiger partial charge in [-0.15, -0.1) is 0 Å². The minimum atomic E-state index is -0.192. The number of rotatable bonds is 4. The number of pyridine rings is 1. The van der Waals surface area contributed by atoms with E-state index in [2.05, 4.69) is 9.88 Å². The summed E-state index contributed by atoms with van der Waals surface area (Å²) in [4.78, 5) is 21.1. The quantitative estimate of drug-likeness (QED) is 0.841. The molecular weight excluding hydrogens is 330 g/mol. The zero-order valence-corrected chi connectivity index (χ0v) is 15.0. The highest BCUT2D eigenvalue weighted by molar-refractivity contribution is 5.78. The van der Waals surface area contributed by atoms with E-state index in [0.717, 1.165) is 43.8 Å². The maximum Gasteiger partial charge on any atom is 0.227 e. The molecule has 1 spiro atoms. The van der Waals surface area contributed by atoms with Crippen LogP contribution in [0.25, 0.3) is 0 Å². The maximum atomic E-state index is 12.7. The molecule has 138 valence electrons. The number of hydrogen-bond acceptors (Lipinski definition) is 5. The van der Waals surface area contributed by atoms with E-state index in [-0.39, 0.29) is 11.5 Å². The number of ether oxygens (including phenoxy) is 1. The first-order chi connectivity index (χ1) is 12.7. The number of aromatic nitrogens is 1. The molecule has 2 aliphatic rings. The van der Waals surface area contributed by atoms with Gasteiger partial charge in [0.05, 0.1) is 31.4 Å². The van der Waals surface area contributed by atoms with Crippen LogP contribution in [-0.2, 0) is 22.5 Å². The number of hydrogen-bond donors (Lipinski definition) is 0. The van der Waals surface area contributed by atoms with E-state index in [1.54, 1.807) is 18.7 Å². The van der Waals surface area contributed by atoms with Gasteiger partial charge in [0.2, 0.25) is 5.91 Å². The fourth-order valence-electron chi connectivity index (χ4n) is 3.89. The Kier molecular flexibility index (Phi) is 5.04. The first kappa shape index (κ1) is 17.2. The molecule has 0 radical (unpaired) electrons. The van der Waals surface area contributed by atoms with Crippen LogP contribution in [0.1, 0.15) is 24.2 Å². The average Bonchev–Trinajstić information content (AvgIpc) is 3.18. The molecule has 2 aliphatic heterocycles. The van der Waals surface area contributed by atoms with Crippen LogP contribution < -0.4 is 0 Å². The fourth-order valence-corrected chi connectivity index (χ4v) is 3.89. The maximum absolute atomic E-state index is 12.7. The molecule has 2 aromatic rings. The van der Waals surface area contributed by atoms with Crippen molar-refractivity contribution in [3.63, 3.8) is 0 Å². The van der Waals surface area contributed by atoms with Crippen molar-refractivity contribution in [3.05, 3.63) is 54.2 Å². The Hall–Kier alpha value is -2.18. The first-order valence-corrected chi connectivity index (χ1v) is 9.28. The SMILES string of the molecule is O=C(Cc1cccnc1)N1CCOC2(CCN(Cc3ccco3)CC2)C1. The minimum absolute atomic E-state index is 0.165. The van der Waals surface area contributed by atoms with Gasteiger partial charge in [0.15, 0.2) is 0 Å². The zero-order chi connectivity index (χ0) is 17.8. The Balaban J connectivity index is 1.32. The van der Waals surface area contributed by atoms with Crippen LogP contribution in [0, 0.1) is 0 Å². The summed E-state index contributed by atoms with van der Waals surface area (Å²) in [5.41, 5.74) is 0.772. The highest BCUT2D eigenvalue weighted by Gasteiger charge is 2.40. The Morgan fingerprint density at radius 3 is 2.81 bits per heavy atom. The lowest BCUT2D eigenvalue weighted by Gasteiger charge is -2.47. The predicted octanol–water partition coefficient (Wildman–Crippen LogP) is 2.11. The molecule has 0 N–H and O–H groups in total. The Morgan fingerprint density at radius 2 is 2.08 bits per heavy atom. The summed E-state index contributed by atoms with van der Waals surface area (Å²) >= 11 is 0. The van der Waals surface area contributed by atoms with Gasteiger partial charge in [0, 0.05) is 38.6 Å². The van der Waals surface area contributed by atoms with Crippen molar-refractivity contribution in [3.8, 4) is 0 Å². The molecule has 2 saturated heterocycles. The zero-order valence-electron chi connectivity index (χ0n) is 15.0. The number of amides is 1. The molecule has 1 amide bonds. The summed E-state index contributed by atoms with van der Waals surface area (Å²) < 4.78 is 11.6. The smallest absolute Gasteiger partial charge is 0.227 e. The summed E-state index contributed by atoms with van der Waals surface area (Å²) in [5.74, 6) is 1.16. The van der Waals surface area contributed by atoms with Gasteiger partial charge >= 0.3 is 0 Å². The third-order valence-corrected chi connectivity index (χ3v) is 5.41. The minimum Gasteiger partial charge on any atom is -0.468 e. The van der Waals surface area contributed by atoms with Crippen LogP contribution in [0.4, 0.5) is 0 Å². The molecule has 26 heavy (non-hydrogen) atoms. The summed E-state index contributed by atoms with van der Waals surface area (Å²) in [6.45, 7) is 4.76. The van der Waals surface area contributed by atoms with Crippen molar-refractivity contribution in [2.75, 3.05) is 32.8 Å².